The molecule has 0 amide bonds. The Morgan fingerprint density at radius 3 is 2.81 bits per heavy atom. The zero-order valence-electron chi connectivity index (χ0n) is 19.8. The van der Waals surface area contributed by atoms with E-state index in [2.05, 4.69) is 16.0 Å². The van der Waals surface area contributed by atoms with E-state index in [4.69, 9.17) is 26.3 Å². The normalized spacial score (nSPS) is 20.5. The van der Waals surface area contributed by atoms with Gasteiger partial charge in [-0.1, -0.05) is 30.5 Å². The number of imidazole rings is 1. The number of aliphatic hydroxyl groups excluding tert-OH is 1. The molecule has 2 aromatic carbocycles. The number of carbonyl (C=O) groups excluding carboxylic acids is 1. The number of halogens is 1. The number of aryl methyl sites for hydroxylation is 1. The van der Waals surface area contributed by atoms with Gasteiger partial charge < -0.3 is 19.6 Å². The number of nitriles is 1. The number of H-pyrrole nitrogens is 1. The molecule has 1 fully saturated rings. The van der Waals surface area contributed by atoms with Crippen LogP contribution in [0.1, 0.15) is 49.7 Å². The summed E-state index contributed by atoms with van der Waals surface area (Å²) in [4.78, 5) is 21.0. The highest BCUT2D eigenvalue weighted by Crippen LogP contribution is 2.47. The van der Waals surface area contributed by atoms with E-state index in [0.717, 1.165) is 43.0 Å². The molecule has 7 nitrogen and oxygen atoms in total. The van der Waals surface area contributed by atoms with Crippen LogP contribution >= 0.6 is 23.4 Å². The Bertz CT molecular complexity index is 1390. The van der Waals surface area contributed by atoms with Gasteiger partial charge in [-0.2, -0.15) is 5.26 Å². The molecule has 0 saturated heterocycles. The Kier molecular flexibility index (Phi) is 6.87. The molecule has 5 rings (SSSR count). The van der Waals surface area contributed by atoms with Crippen LogP contribution < -0.4 is 4.74 Å². The Hall–Kier alpha value is -3.15. The van der Waals surface area contributed by atoms with Crippen molar-refractivity contribution in [2.24, 2.45) is 5.92 Å². The molecule has 1 atom stereocenters. The maximum atomic E-state index is 13.3. The number of thioether (sulfide) groups is 1. The van der Waals surface area contributed by atoms with Gasteiger partial charge in [0.05, 0.1) is 34.8 Å². The molecule has 0 spiro atoms. The van der Waals surface area contributed by atoms with Crippen LogP contribution in [-0.4, -0.2) is 33.8 Å². The molecule has 1 unspecified atom stereocenters. The second kappa shape index (κ2) is 10.1. The van der Waals surface area contributed by atoms with Crippen LogP contribution in [0.5, 0.6) is 5.75 Å². The molecule has 9 heteroatoms. The Morgan fingerprint density at radius 2 is 2.11 bits per heavy atom. The predicted molar refractivity (Wildman–Crippen MR) is 138 cm³/mol. The van der Waals surface area contributed by atoms with Gasteiger partial charge in [-0.25, -0.2) is 9.78 Å². The summed E-state index contributed by atoms with van der Waals surface area (Å²) in [6.07, 6.45) is 5.65. The monoisotopic (exact) mass is 523 g/mol. The standard InChI is InChI=1S/C27H26ClN3O4S/c1-34-23-9-7-16(12-19(23)28)10-11-27(18-4-2-3-5-18)14-22(32)24(25(33)35-27)36-26-30-20-8-6-17(15-29)13-21(20)31-26/h6-9,12-13,18,32H,2-5,10-11,14H2,1H3,(H,30,31). The lowest BCUT2D eigenvalue weighted by Crippen LogP contribution is -2.45. The number of esters is 1. The van der Waals surface area contributed by atoms with Crippen molar-refractivity contribution in [1.29, 1.82) is 5.26 Å². The zero-order valence-corrected chi connectivity index (χ0v) is 21.4. The third-order valence-corrected chi connectivity index (χ3v) is 8.44. The van der Waals surface area contributed by atoms with Gasteiger partial charge in [0, 0.05) is 6.42 Å². The molecule has 36 heavy (non-hydrogen) atoms. The van der Waals surface area contributed by atoms with Crippen molar-refractivity contribution >= 4 is 40.4 Å². The molecule has 1 aliphatic carbocycles. The highest BCUT2D eigenvalue weighted by atomic mass is 35.5. The van der Waals surface area contributed by atoms with Gasteiger partial charge in [0.2, 0.25) is 0 Å². The average Bonchev–Trinajstić information content (AvgIpc) is 3.55. The maximum Gasteiger partial charge on any atom is 0.349 e. The third kappa shape index (κ3) is 4.78. The molecule has 2 heterocycles. The Labute approximate surface area is 218 Å². The number of ether oxygens (including phenoxy) is 2. The number of rotatable bonds is 7. The zero-order chi connectivity index (χ0) is 25.3. The van der Waals surface area contributed by atoms with Crippen LogP contribution in [-0.2, 0) is 16.0 Å². The van der Waals surface area contributed by atoms with Crippen LogP contribution in [0.25, 0.3) is 11.0 Å². The van der Waals surface area contributed by atoms with Gasteiger partial charge in [0.25, 0.3) is 0 Å². The molecular formula is C27H26ClN3O4S. The second-order valence-electron chi connectivity index (χ2n) is 9.34. The number of aliphatic hydroxyl groups is 1. The van der Waals surface area contributed by atoms with Crippen LogP contribution in [0.2, 0.25) is 5.02 Å². The molecule has 186 valence electrons. The van der Waals surface area contributed by atoms with Crippen LogP contribution in [0.3, 0.4) is 0 Å². The molecule has 1 aliphatic heterocycles. The summed E-state index contributed by atoms with van der Waals surface area (Å²) in [7, 11) is 1.58. The summed E-state index contributed by atoms with van der Waals surface area (Å²) in [5.74, 6) is 0.321. The minimum Gasteiger partial charge on any atom is -0.511 e. The lowest BCUT2D eigenvalue weighted by atomic mass is 9.77. The number of aromatic nitrogens is 2. The van der Waals surface area contributed by atoms with Gasteiger partial charge in [-0.15, -0.1) is 0 Å². The minimum atomic E-state index is -0.760. The molecule has 0 bridgehead atoms. The molecular weight excluding hydrogens is 498 g/mol. The van der Waals surface area contributed by atoms with Gasteiger partial charge >= 0.3 is 5.97 Å². The van der Waals surface area contributed by atoms with Crippen molar-refractivity contribution in [3.63, 3.8) is 0 Å². The van der Waals surface area contributed by atoms with E-state index in [1.165, 1.54) is 0 Å². The topological polar surface area (TPSA) is 108 Å². The van der Waals surface area contributed by atoms with Crippen molar-refractivity contribution in [3.8, 4) is 11.8 Å². The summed E-state index contributed by atoms with van der Waals surface area (Å²) in [5.41, 5.74) is 2.15. The molecule has 3 aromatic rings. The van der Waals surface area contributed by atoms with E-state index >= 15 is 0 Å². The van der Waals surface area contributed by atoms with E-state index in [1.807, 2.05) is 18.2 Å². The number of nitrogens with zero attached hydrogens (tertiary/aromatic N) is 2. The number of hydrogen-bond donors (Lipinski definition) is 2. The van der Waals surface area contributed by atoms with E-state index < -0.39 is 11.6 Å². The summed E-state index contributed by atoms with van der Waals surface area (Å²) in [5, 5.41) is 21.2. The number of methoxy groups -OCH3 is 1. The Balaban J connectivity index is 1.39. The number of nitrogens with one attached hydrogen (secondary N) is 1. The van der Waals surface area contributed by atoms with Crippen molar-refractivity contribution in [1.82, 2.24) is 9.97 Å². The minimum absolute atomic E-state index is 0.0362. The van der Waals surface area contributed by atoms with E-state index in [9.17, 15) is 9.90 Å². The van der Waals surface area contributed by atoms with E-state index in [1.54, 1.807) is 25.3 Å². The average molecular weight is 524 g/mol. The fourth-order valence-electron chi connectivity index (χ4n) is 5.29. The third-order valence-electron chi connectivity index (χ3n) is 7.15. The number of cyclic esters (lactones) is 1. The highest BCUT2D eigenvalue weighted by Gasteiger charge is 2.48. The summed E-state index contributed by atoms with van der Waals surface area (Å²) >= 11 is 7.37. The van der Waals surface area contributed by atoms with Crippen molar-refractivity contribution in [2.45, 2.75) is 55.7 Å². The SMILES string of the molecule is COc1ccc(CCC2(C3CCCC3)CC(O)=C(Sc3nc4ccc(C#N)cc4[nH]3)C(=O)O2)cc1Cl. The quantitative estimate of drug-likeness (QED) is 0.342. The molecule has 0 radical (unpaired) electrons. The maximum absolute atomic E-state index is 13.3. The first-order chi connectivity index (χ1) is 17.4. The van der Waals surface area contributed by atoms with Crippen LogP contribution in [0.15, 0.2) is 52.2 Å². The highest BCUT2D eigenvalue weighted by molar-refractivity contribution is 8.03. The lowest BCUT2D eigenvalue weighted by molar-refractivity contribution is -0.166. The lowest BCUT2D eigenvalue weighted by Gasteiger charge is -2.41. The number of benzene rings is 2. The number of aromatic amines is 1. The van der Waals surface area contributed by atoms with E-state index in [-0.39, 0.29) is 23.0 Å². The van der Waals surface area contributed by atoms with Gasteiger partial charge in [0.1, 0.15) is 22.0 Å². The van der Waals surface area contributed by atoms with Crippen LogP contribution in [0.4, 0.5) is 0 Å². The first kappa shape index (κ1) is 24.5. The number of hydrogen-bond acceptors (Lipinski definition) is 7. The largest absolute Gasteiger partial charge is 0.511 e. The molecule has 2 aliphatic rings. The van der Waals surface area contributed by atoms with Gasteiger partial charge in [0.15, 0.2) is 5.16 Å². The van der Waals surface area contributed by atoms with Crippen molar-refractivity contribution in [3.05, 3.63) is 63.2 Å². The molecule has 2 N–H and O–H groups in total. The fraction of sp³-hybridized carbons (Fsp3) is 0.370. The van der Waals surface area contributed by atoms with Gasteiger partial charge in [-0.05, 0) is 79.3 Å². The second-order valence-corrected chi connectivity index (χ2v) is 10.8. The number of fused-ring (bicyclic) bond motifs is 1. The van der Waals surface area contributed by atoms with Crippen molar-refractivity contribution in [2.75, 3.05) is 7.11 Å². The van der Waals surface area contributed by atoms with E-state index in [0.29, 0.717) is 45.4 Å². The molecule has 1 saturated carbocycles. The summed E-state index contributed by atoms with van der Waals surface area (Å²) < 4.78 is 11.5. The summed E-state index contributed by atoms with van der Waals surface area (Å²) in [6.45, 7) is 0. The first-order valence-electron chi connectivity index (χ1n) is 12.0. The van der Waals surface area contributed by atoms with Crippen LogP contribution in [0, 0.1) is 17.2 Å². The number of carbonyl (C=O) groups is 1. The smallest absolute Gasteiger partial charge is 0.349 e. The molecule has 1 aromatic heterocycles. The first-order valence-corrected chi connectivity index (χ1v) is 13.2. The summed E-state index contributed by atoms with van der Waals surface area (Å²) in [6, 6.07) is 12.9. The van der Waals surface area contributed by atoms with Gasteiger partial charge in [-0.3, -0.25) is 0 Å². The Morgan fingerprint density at radius 1 is 1.31 bits per heavy atom. The predicted octanol–water partition coefficient (Wildman–Crippen LogP) is 6.47. The fourth-order valence-corrected chi connectivity index (χ4v) is 6.39. The van der Waals surface area contributed by atoms with Crippen molar-refractivity contribution < 1.29 is 19.4 Å².